The van der Waals surface area contributed by atoms with Crippen LogP contribution in [0.4, 0.5) is 17.6 Å². The van der Waals surface area contributed by atoms with Crippen molar-refractivity contribution in [2.45, 2.75) is 38.5 Å². The van der Waals surface area contributed by atoms with E-state index in [1.54, 1.807) is 31.2 Å². The van der Waals surface area contributed by atoms with Crippen LogP contribution in [0.1, 0.15) is 24.8 Å². The molecule has 0 aliphatic heterocycles. The molecule has 0 saturated carbocycles. The third-order valence-electron chi connectivity index (χ3n) is 2.82. The zero-order valence-electron chi connectivity index (χ0n) is 12.4. The van der Waals surface area contributed by atoms with E-state index in [9.17, 15) is 27.2 Å². The van der Waals surface area contributed by atoms with Gasteiger partial charge >= 0.3 is 24.3 Å². The number of esters is 2. The van der Waals surface area contributed by atoms with Gasteiger partial charge in [0.25, 0.3) is 0 Å². The number of carbonyl (C=O) groups is 2. The summed E-state index contributed by atoms with van der Waals surface area (Å²) in [4.78, 5) is 22.7. The van der Waals surface area contributed by atoms with Crippen LogP contribution in [0, 0.1) is 6.92 Å². The van der Waals surface area contributed by atoms with Gasteiger partial charge in [-0.25, -0.2) is 8.78 Å². The largest absolute Gasteiger partial charge is 0.459 e. The van der Waals surface area contributed by atoms with Crippen LogP contribution in [0.3, 0.4) is 0 Å². The van der Waals surface area contributed by atoms with E-state index in [4.69, 9.17) is 4.74 Å². The van der Waals surface area contributed by atoms with Gasteiger partial charge in [0, 0.05) is 12.8 Å². The normalized spacial score (nSPS) is 11.4. The minimum absolute atomic E-state index is 0.00377. The molecule has 0 radical (unpaired) electrons. The lowest BCUT2D eigenvalue weighted by Gasteiger charge is -2.14. The average molecular weight is 336 g/mol. The second-order valence-corrected chi connectivity index (χ2v) is 4.82. The van der Waals surface area contributed by atoms with Gasteiger partial charge in [-0.1, -0.05) is 18.2 Å². The minimum Gasteiger partial charge on any atom is -0.459 e. The van der Waals surface area contributed by atoms with E-state index >= 15 is 0 Å². The van der Waals surface area contributed by atoms with Crippen LogP contribution in [-0.2, 0) is 14.3 Å². The Kier molecular flexibility index (Phi) is 6.99. The van der Waals surface area contributed by atoms with Crippen LogP contribution >= 0.6 is 0 Å². The Morgan fingerprint density at radius 2 is 1.74 bits per heavy atom. The van der Waals surface area contributed by atoms with Gasteiger partial charge in [-0.3, -0.25) is 9.59 Å². The molecule has 0 amide bonds. The summed E-state index contributed by atoms with van der Waals surface area (Å²) >= 11 is 0. The maximum Gasteiger partial charge on any atom is 0.340 e. The van der Waals surface area contributed by atoms with E-state index in [0.717, 1.165) is 5.56 Å². The highest BCUT2D eigenvalue weighted by Gasteiger charge is 2.42. The minimum atomic E-state index is -4.38. The second kappa shape index (κ2) is 8.50. The summed E-state index contributed by atoms with van der Waals surface area (Å²) in [5.74, 6) is -5.66. The number of para-hydroxylation sites is 1. The van der Waals surface area contributed by atoms with Crippen molar-refractivity contribution in [1.82, 2.24) is 0 Å². The number of rotatable bonds is 8. The van der Waals surface area contributed by atoms with Crippen LogP contribution in [0.15, 0.2) is 24.3 Å². The smallest absolute Gasteiger partial charge is 0.340 e. The van der Waals surface area contributed by atoms with Gasteiger partial charge in [0.1, 0.15) is 5.75 Å². The Labute approximate surface area is 130 Å². The highest BCUT2D eigenvalue weighted by Crippen LogP contribution is 2.23. The number of hydrogen-bond donors (Lipinski definition) is 0. The second-order valence-electron chi connectivity index (χ2n) is 4.82. The van der Waals surface area contributed by atoms with E-state index in [1.165, 1.54) is 0 Å². The molecular weight excluding hydrogens is 320 g/mol. The molecular formula is C15H16F4O4. The van der Waals surface area contributed by atoms with E-state index in [1.807, 2.05) is 0 Å². The first-order chi connectivity index (χ1) is 10.7. The highest BCUT2D eigenvalue weighted by molar-refractivity contribution is 5.74. The Hall–Kier alpha value is -2.12. The first-order valence-electron chi connectivity index (χ1n) is 6.80. The molecule has 128 valence electrons. The molecule has 0 aromatic heterocycles. The summed E-state index contributed by atoms with van der Waals surface area (Å²) in [6, 6.07) is 6.82. The summed E-state index contributed by atoms with van der Waals surface area (Å²) in [6.45, 7) is 0.0698. The van der Waals surface area contributed by atoms with Crippen LogP contribution in [0.5, 0.6) is 5.75 Å². The summed E-state index contributed by atoms with van der Waals surface area (Å²) in [5, 5.41) is 0. The molecule has 0 aliphatic rings. The lowest BCUT2D eigenvalue weighted by molar-refractivity contribution is -0.179. The number of carbonyl (C=O) groups excluding carboxylic acids is 2. The van der Waals surface area contributed by atoms with Gasteiger partial charge in [-0.05, 0) is 25.0 Å². The predicted molar refractivity (Wildman–Crippen MR) is 72.6 cm³/mol. The molecule has 0 spiro atoms. The molecule has 0 atom stereocenters. The molecule has 0 fully saturated rings. The van der Waals surface area contributed by atoms with Crippen molar-refractivity contribution < 1.29 is 36.6 Å². The Morgan fingerprint density at radius 3 is 2.35 bits per heavy atom. The van der Waals surface area contributed by atoms with Gasteiger partial charge in [0.2, 0.25) is 0 Å². The molecule has 1 aromatic rings. The molecule has 0 N–H and O–H groups in total. The highest BCUT2D eigenvalue weighted by atomic mass is 19.3. The van der Waals surface area contributed by atoms with Crippen molar-refractivity contribution in [3.63, 3.8) is 0 Å². The van der Waals surface area contributed by atoms with Crippen LogP contribution in [0.2, 0.25) is 0 Å². The van der Waals surface area contributed by atoms with Gasteiger partial charge in [0.05, 0.1) is 0 Å². The third kappa shape index (κ3) is 6.66. The molecule has 0 aliphatic carbocycles. The number of alkyl halides is 4. The molecule has 1 aromatic carbocycles. The van der Waals surface area contributed by atoms with Crippen molar-refractivity contribution in [2.24, 2.45) is 0 Å². The quantitative estimate of drug-likeness (QED) is 0.414. The molecule has 0 heterocycles. The number of hydrogen-bond acceptors (Lipinski definition) is 4. The molecule has 0 unspecified atom stereocenters. The van der Waals surface area contributed by atoms with Gasteiger partial charge < -0.3 is 9.47 Å². The maximum absolute atomic E-state index is 12.5. The summed E-state index contributed by atoms with van der Waals surface area (Å²) < 4.78 is 57.9. The average Bonchev–Trinajstić information content (AvgIpc) is 2.47. The monoisotopic (exact) mass is 336 g/mol. The lowest BCUT2D eigenvalue weighted by atomic mass is 10.2. The number of aryl methyl sites for hydroxylation is 1. The zero-order chi connectivity index (χ0) is 17.5. The molecule has 8 heteroatoms. The van der Waals surface area contributed by atoms with Crippen molar-refractivity contribution in [3.8, 4) is 5.75 Å². The Bertz CT molecular complexity index is 546. The summed E-state index contributed by atoms with van der Waals surface area (Å²) in [5.41, 5.74) is 0.759. The first kappa shape index (κ1) is 18.9. The number of benzene rings is 1. The van der Waals surface area contributed by atoms with Crippen molar-refractivity contribution in [2.75, 3.05) is 6.61 Å². The first-order valence-corrected chi connectivity index (χ1v) is 6.80. The molecule has 4 nitrogen and oxygen atoms in total. The number of halogens is 4. The fraction of sp³-hybridized carbons (Fsp3) is 0.467. The zero-order valence-corrected chi connectivity index (χ0v) is 12.4. The molecule has 23 heavy (non-hydrogen) atoms. The van der Waals surface area contributed by atoms with Crippen LogP contribution in [-0.4, -0.2) is 30.9 Å². The van der Waals surface area contributed by atoms with E-state index in [0.29, 0.717) is 5.75 Å². The van der Waals surface area contributed by atoms with Crippen molar-refractivity contribution >= 4 is 11.9 Å². The molecule has 0 saturated heterocycles. The summed E-state index contributed by atoms with van der Waals surface area (Å²) in [6.07, 6.45) is -4.37. The van der Waals surface area contributed by atoms with Crippen molar-refractivity contribution in [1.29, 1.82) is 0 Å². The van der Waals surface area contributed by atoms with E-state index < -0.39 is 30.9 Å². The third-order valence-corrected chi connectivity index (χ3v) is 2.82. The maximum atomic E-state index is 12.5. The topological polar surface area (TPSA) is 52.6 Å². The standard InChI is InChI=1S/C15H16F4O4/c1-10-5-2-3-6-11(10)23-13(21)8-4-7-12(20)22-9-15(18,19)14(16)17/h2-3,5-6,14H,4,7-9H2,1H3. The molecule has 1 rings (SSSR count). The van der Waals surface area contributed by atoms with Crippen LogP contribution in [0.25, 0.3) is 0 Å². The number of ether oxygens (including phenoxy) is 2. The molecule has 0 bridgehead atoms. The van der Waals surface area contributed by atoms with E-state index in [-0.39, 0.29) is 19.3 Å². The fourth-order valence-electron chi connectivity index (χ4n) is 1.53. The summed E-state index contributed by atoms with van der Waals surface area (Å²) in [7, 11) is 0. The van der Waals surface area contributed by atoms with E-state index in [2.05, 4.69) is 4.74 Å². The van der Waals surface area contributed by atoms with Gasteiger partial charge in [0.15, 0.2) is 6.61 Å². The fourth-order valence-corrected chi connectivity index (χ4v) is 1.53. The SMILES string of the molecule is Cc1ccccc1OC(=O)CCCC(=O)OCC(F)(F)C(F)F. The van der Waals surface area contributed by atoms with Crippen molar-refractivity contribution in [3.05, 3.63) is 29.8 Å². The van der Waals surface area contributed by atoms with Crippen LogP contribution < -0.4 is 4.74 Å². The van der Waals surface area contributed by atoms with Gasteiger partial charge in [-0.2, -0.15) is 8.78 Å². The van der Waals surface area contributed by atoms with Gasteiger partial charge in [-0.15, -0.1) is 0 Å². The Morgan fingerprint density at radius 1 is 1.13 bits per heavy atom. The lowest BCUT2D eigenvalue weighted by Crippen LogP contribution is -2.33. The Balaban J connectivity index is 2.27. The predicted octanol–water partition coefficient (Wildman–Crippen LogP) is 3.51.